The topological polar surface area (TPSA) is 66.6 Å². The first-order chi connectivity index (χ1) is 7.80. The molecule has 0 saturated carbocycles. The number of hydrogen-bond donors (Lipinski definition) is 1. The van der Waals surface area contributed by atoms with Crippen LogP contribution in [-0.4, -0.2) is 28.7 Å². The van der Waals surface area contributed by atoms with Crippen molar-refractivity contribution < 1.29 is 18.8 Å². The van der Waals surface area contributed by atoms with Crippen molar-refractivity contribution in [1.29, 1.82) is 0 Å². The van der Waals surface area contributed by atoms with Crippen LogP contribution in [0.25, 0.3) is 0 Å². The molecule has 0 amide bonds. The molecule has 1 saturated heterocycles. The maximum atomic E-state index is 13.5. The number of aliphatic hydroxyl groups is 1. The van der Waals surface area contributed by atoms with Crippen molar-refractivity contribution in [3.8, 4) is 0 Å². The second-order valence-corrected chi connectivity index (χ2v) is 4.37. The molecule has 7 heteroatoms. The van der Waals surface area contributed by atoms with Crippen molar-refractivity contribution in [2.24, 2.45) is 0 Å². The van der Waals surface area contributed by atoms with Crippen LogP contribution in [0.3, 0.4) is 0 Å². The maximum Gasteiger partial charge on any atom is 0.275 e. The van der Waals surface area contributed by atoms with E-state index < -0.39 is 27.8 Å². The van der Waals surface area contributed by atoms with Crippen molar-refractivity contribution >= 4 is 11.4 Å². The number of benzene rings is 1. The normalized spacial score (nSPS) is 17.8. The highest BCUT2D eigenvalue weighted by atomic mass is 19.1. The first-order valence-corrected chi connectivity index (χ1v) is 4.91. The van der Waals surface area contributed by atoms with Crippen LogP contribution in [0.5, 0.6) is 0 Å². The molecule has 5 nitrogen and oxygen atoms in total. The summed E-state index contributed by atoms with van der Waals surface area (Å²) in [6.45, 7) is 1.74. The molecule has 0 spiro atoms. The van der Waals surface area contributed by atoms with Crippen LogP contribution in [0.2, 0.25) is 0 Å². The Labute approximate surface area is 95.4 Å². The number of hydrogen-bond acceptors (Lipinski definition) is 4. The van der Waals surface area contributed by atoms with Gasteiger partial charge in [0.1, 0.15) is 5.69 Å². The Morgan fingerprint density at radius 1 is 1.41 bits per heavy atom. The number of halogens is 2. The largest absolute Gasteiger partial charge is 0.386 e. The van der Waals surface area contributed by atoms with E-state index in [1.54, 1.807) is 6.92 Å². The highest BCUT2D eigenvalue weighted by Gasteiger charge is 2.39. The highest BCUT2D eigenvalue weighted by Crippen LogP contribution is 2.33. The van der Waals surface area contributed by atoms with E-state index in [2.05, 4.69) is 0 Å². The molecule has 0 unspecified atom stereocenters. The molecule has 0 bridgehead atoms. The van der Waals surface area contributed by atoms with Crippen molar-refractivity contribution in [1.82, 2.24) is 0 Å². The summed E-state index contributed by atoms with van der Waals surface area (Å²) in [6, 6.07) is 1.34. The lowest BCUT2D eigenvalue weighted by Gasteiger charge is -2.45. The van der Waals surface area contributed by atoms with Gasteiger partial charge in [-0.3, -0.25) is 10.1 Å². The van der Waals surface area contributed by atoms with Gasteiger partial charge in [0.2, 0.25) is 0 Å². The lowest BCUT2D eigenvalue weighted by Crippen LogP contribution is -2.60. The highest BCUT2D eigenvalue weighted by molar-refractivity contribution is 5.56. The van der Waals surface area contributed by atoms with E-state index in [0.29, 0.717) is 12.1 Å². The lowest BCUT2D eigenvalue weighted by molar-refractivity contribution is -0.385. The number of nitrogens with zero attached hydrogens (tertiary/aromatic N) is 2. The number of rotatable bonds is 2. The summed E-state index contributed by atoms with van der Waals surface area (Å²) in [6.07, 6.45) is 0. The molecule has 1 heterocycles. The summed E-state index contributed by atoms with van der Waals surface area (Å²) in [4.78, 5) is 10.8. The maximum absolute atomic E-state index is 13.5. The number of β-amino-alcohol motifs (C(OH)–C–C–N with tert-alkyl or cyclic N) is 1. The summed E-state index contributed by atoms with van der Waals surface area (Å²) >= 11 is 0. The van der Waals surface area contributed by atoms with Gasteiger partial charge in [-0.15, -0.1) is 0 Å². The molecule has 17 heavy (non-hydrogen) atoms. The summed E-state index contributed by atoms with van der Waals surface area (Å²) in [7, 11) is 0. The third-order valence-electron chi connectivity index (χ3n) is 2.59. The first-order valence-electron chi connectivity index (χ1n) is 4.91. The van der Waals surface area contributed by atoms with E-state index in [4.69, 9.17) is 0 Å². The van der Waals surface area contributed by atoms with E-state index in [-0.39, 0.29) is 18.8 Å². The van der Waals surface area contributed by atoms with E-state index in [1.807, 2.05) is 0 Å². The zero-order valence-electron chi connectivity index (χ0n) is 8.98. The Morgan fingerprint density at radius 2 is 1.88 bits per heavy atom. The summed E-state index contributed by atoms with van der Waals surface area (Å²) < 4.78 is 27.1. The van der Waals surface area contributed by atoms with Gasteiger partial charge < -0.3 is 10.0 Å². The van der Waals surface area contributed by atoms with Gasteiger partial charge >= 0.3 is 0 Å². The third-order valence-corrected chi connectivity index (χ3v) is 2.59. The van der Waals surface area contributed by atoms with Crippen LogP contribution in [-0.2, 0) is 0 Å². The van der Waals surface area contributed by atoms with Crippen LogP contribution in [0.4, 0.5) is 20.2 Å². The SMILES string of the molecule is CC1(O)CN(c2c(F)cc([N+](=O)[O-])cc2F)C1. The van der Waals surface area contributed by atoms with Gasteiger partial charge in [0.25, 0.3) is 5.69 Å². The second kappa shape index (κ2) is 3.63. The van der Waals surface area contributed by atoms with Gasteiger partial charge in [0.15, 0.2) is 11.6 Å². The molecule has 92 valence electrons. The Hall–Kier alpha value is -1.76. The second-order valence-electron chi connectivity index (χ2n) is 4.37. The lowest BCUT2D eigenvalue weighted by atomic mass is 9.96. The molecule has 1 aromatic rings. The van der Waals surface area contributed by atoms with Gasteiger partial charge in [-0.25, -0.2) is 8.78 Å². The molecule has 1 fully saturated rings. The Morgan fingerprint density at radius 3 is 2.24 bits per heavy atom. The molecule has 0 atom stereocenters. The smallest absolute Gasteiger partial charge is 0.275 e. The predicted molar refractivity (Wildman–Crippen MR) is 55.8 cm³/mol. The van der Waals surface area contributed by atoms with Gasteiger partial charge in [0.05, 0.1) is 22.7 Å². The summed E-state index contributed by atoms with van der Waals surface area (Å²) in [5, 5.41) is 19.9. The number of nitro groups is 1. The van der Waals surface area contributed by atoms with Crippen LogP contribution in [0.1, 0.15) is 6.92 Å². The zero-order chi connectivity index (χ0) is 12.8. The molecule has 1 aliphatic heterocycles. The minimum atomic E-state index is -0.993. The number of non-ortho nitro benzene ring substituents is 1. The Balaban J connectivity index is 2.34. The monoisotopic (exact) mass is 244 g/mol. The number of anilines is 1. The van der Waals surface area contributed by atoms with Crippen LogP contribution < -0.4 is 4.90 Å². The number of nitro benzene ring substituents is 1. The van der Waals surface area contributed by atoms with Crippen molar-refractivity contribution in [2.45, 2.75) is 12.5 Å². The molecule has 1 aliphatic rings. The van der Waals surface area contributed by atoms with Crippen LogP contribution >= 0.6 is 0 Å². The minimum absolute atomic E-state index is 0.0959. The van der Waals surface area contributed by atoms with E-state index in [9.17, 15) is 24.0 Å². The van der Waals surface area contributed by atoms with Crippen molar-refractivity contribution in [3.63, 3.8) is 0 Å². The average molecular weight is 244 g/mol. The fourth-order valence-corrected chi connectivity index (χ4v) is 1.89. The van der Waals surface area contributed by atoms with Gasteiger partial charge in [-0.1, -0.05) is 0 Å². The van der Waals surface area contributed by atoms with Gasteiger partial charge in [0, 0.05) is 13.1 Å². The van der Waals surface area contributed by atoms with E-state index in [1.165, 1.54) is 4.90 Å². The third kappa shape index (κ3) is 2.05. The molecule has 0 radical (unpaired) electrons. The van der Waals surface area contributed by atoms with Crippen molar-refractivity contribution in [3.05, 3.63) is 33.9 Å². The molecule has 0 aliphatic carbocycles. The molecule has 0 aromatic heterocycles. The average Bonchev–Trinajstić information content (AvgIpc) is 2.13. The van der Waals surface area contributed by atoms with E-state index in [0.717, 1.165) is 0 Å². The van der Waals surface area contributed by atoms with E-state index >= 15 is 0 Å². The standard InChI is InChI=1S/C10H10F2N2O3/c1-10(15)4-13(5-10)9-7(11)2-6(14(16)17)3-8(9)12/h2-3,15H,4-5H2,1H3. The molecular formula is C10H10F2N2O3. The molecule has 1 N–H and O–H groups in total. The van der Waals surface area contributed by atoms with Gasteiger partial charge in [-0.2, -0.15) is 0 Å². The Kier molecular flexibility index (Phi) is 2.50. The Bertz CT molecular complexity index is 459. The zero-order valence-corrected chi connectivity index (χ0v) is 8.98. The summed E-state index contributed by atoms with van der Waals surface area (Å²) in [5.74, 6) is -1.99. The molecular weight excluding hydrogens is 234 g/mol. The molecule has 2 rings (SSSR count). The van der Waals surface area contributed by atoms with Crippen LogP contribution in [0, 0.1) is 21.7 Å². The summed E-state index contributed by atoms with van der Waals surface area (Å²) in [5.41, 5.74) is -1.93. The quantitative estimate of drug-likeness (QED) is 0.631. The van der Waals surface area contributed by atoms with Crippen LogP contribution in [0.15, 0.2) is 12.1 Å². The fourth-order valence-electron chi connectivity index (χ4n) is 1.89. The predicted octanol–water partition coefficient (Wildman–Crippen LogP) is 1.44. The first kappa shape index (κ1) is 11.7. The van der Waals surface area contributed by atoms with Gasteiger partial charge in [-0.05, 0) is 6.92 Å². The minimum Gasteiger partial charge on any atom is -0.386 e. The van der Waals surface area contributed by atoms with Crippen molar-refractivity contribution in [2.75, 3.05) is 18.0 Å². The fraction of sp³-hybridized carbons (Fsp3) is 0.400. The molecule has 1 aromatic carbocycles.